The monoisotopic (exact) mass is 668 g/mol. The number of amides is 2. The maximum Gasteiger partial charge on any atom is 0.337 e. The number of imidazole rings is 1. The van der Waals surface area contributed by atoms with Gasteiger partial charge in [-0.25, -0.2) is 9.78 Å². The second-order valence-corrected chi connectivity index (χ2v) is 13.0. The third-order valence-electron chi connectivity index (χ3n) is 7.91. The first-order valence-electron chi connectivity index (χ1n) is 16.3. The Balaban J connectivity index is 1.54. The second-order valence-electron chi connectivity index (χ2n) is 11.8. The maximum absolute atomic E-state index is 13.9. The van der Waals surface area contributed by atoms with Gasteiger partial charge < -0.3 is 19.9 Å². The van der Waals surface area contributed by atoms with Gasteiger partial charge in [-0.3, -0.25) is 14.4 Å². The van der Waals surface area contributed by atoms with E-state index in [0.717, 1.165) is 35.4 Å². The molecule has 0 fully saturated rings. The van der Waals surface area contributed by atoms with Crippen LogP contribution >= 0.6 is 11.8 Å². The van der Waals surface area contributed by atoms with Crippen LogP contribution in [0.4, 0.5) is 0 Å². The van der Waals surface area contributed by atoms with Crippen molar-refractivity contribution in [3.8, 4) is 0 Å². The molecule has 48 heavy (non-hydrogen) atoms. The van der Waals surface area contributed by atoms with Crippen molar-refractivity contribution in [2.75, 3.05) is 12.9 Å². The Labute approximate surface area is 286 Å². The molecule has 0 saturated carbocycles. The molecule has 0 aliphatic heterocycles. The van der Waals surface area contributed by atoms with Crippen LogP contribution in [0.3, 0.4) is 0 Å². The van der Waals surface area contributed by atoms with E-state index >= 15 is 0 Å². The molecule has 0 bridgehead atoms. The molecule has 2 atom stereocenters. The minimum Gasteiger partial charge on any atom is -0.465 e. The molecule has 2 amide bonds. The first kappa shape index (κ1) is 36.1. The lowest BCUT2D eigenvalue weighted by atomic mass is 10.0. The molecule has 4 rings (SSSR count). The molecule has 252 valence electrons. The topological polar surface area (TPSA) is 119 Å². The molecule has 4 aromatic rings. The van der Waals surface area contributed by atoms with Crippen LogP contribution in [0, 0.1) is 0 Å². The summed E-state index contributed by atoms with van der Waals surface area (Å²) in [4.78, 5) is 55.8. The first-order chi connectivity index (χ1) is 23.2. The highest BCUT2D eigenvalue weighted by atomic mass is 32.2. The number of benzene rings is 3. The number of nitrogens with one attached hydrogen (secondary N) is 2. The van der Waals surface area contributed by atoms with Crippen molar-refractivity contribution in [3.63, 3.8) is 0 Å². The molecule has 1 aromatic heterocycles. The van der Waals surface area contributed by atoms with Gasteiger partial charge >= 0.3 is 5.97 Å². The Morgan fingerprint density at radius 2 is 1.46 bits per heavy atom. The van der Waals surface area contributed by atoms with Crippen molar-refractivity contribution in [1.82, 2.24) is 20.2 Å². The van der Waals surface area contributed by atoms with Crippen LogP contribution in [0.15, 0.2) is 91.1 Å². The van der Waals surface area contributed by atoms with Crippen molar-refractivity contribution >= 4 is 34.7 Å². The molecule has 0 spiro atoms. The van der Waals surface area contributed by atoms with E-state index < -0.39 is 12.0 Å². The largest absolute Gasteiger partial charge is 0.465 e. The Bertz CT molecular complexity index is 1640. The minimum atomic E-state index is -0.500. The summed E-state index contributed by atoms with van der Waals surface area (Å²) in [6.07, 6.45) is 5.30. The summed E-state index contributed by atoms with van der Waals surface area (Å²) < 4.78 is 6.73. The van der Waals surface area contributed by atoms with E-state index in [1.807, 2.05) is 77.4 Å². The van der Waals surface area contributed by atoms with Gasteiger partial charge in [-0.05, 0) is 48.1 Å². The molecule has 0 aliphatic carbocycles. The molecule has 2 N–H and O–H groups in total. The summed E-state index contributed by atoms with van der Waals surface area (Å²) in [5.74, 6) is 0.308. The van der Waals surface area contributed by atoms with Crippen molar-refractivity contribution in [1.29, 1.82) is 0 Å². The summed E-state index contributed by atoms with van der Waals surface area (Å²) in [5.41, 5.74) is 3.81. The van der Waals surface area contributed by atoms with E-state index in [2.05, 4.69) is 22.5 Å². The van der Waals surface area contributed by atoms with E-state index in [1.54, 1.807) is 18.3 Å². The zero-order valence-corrected chi connectivity index (χ0v) is 28.6. The third kappa shape index (κ3) is 11.2. The van der Waals surface area contributed by atoms with Gasteiger partial charge in [-0.15, -0.1) is 0 Å². The van der Waals surface area contributed by atoms with E-state index in [1.165, 1.54) is 25.8 Å². The number of esters is 1. The van der Waals surface area contributed by atoms with Crippen LogP contribution in [0.5, 0.6) is 0 Å². The van der Waals surface area contributed by atoms with Gasteiger partial charge in [0, 0.05) is 44.1 Å². The van der Waals surface area contributed by atoms with Crippen molar-refractivity contribution < 1.29 is 23.9 Å². The van der Waals surface area contributed by atoms with Crippen LogP contribution in [-0.2, 0) is 40.1 Å². The number of carbonyl (C=O) groups excluding carboxylic acids is 4. The van der Waals surface area contributed by atoms with Gasteiger partial charge in [0.25, 0.3) is 5.91 Å². The van der Waals surface area contributed by atoms with Crippen LogP contribution in [0.25, 0.3) is 0 Å². The smallest absolute Gasteiger partial charge is 0.337 e. The van der Waals surface area contributed by atoms with Crippen LogP contribution in [-0.4, -0.2) is 57.4 Å². The Morgan fingerprint density at radius 3 is 2.04 bits per heavy atom. The van der Waals surface area contributed by atoms with Crippen LogP contribution < -0.4 is 10.6 Å². The number of methoxy groups -OCH3 is 1. The molecular weight excluding hydrogens is 625 g/mol. The zero-order chi connectivity index (χ0) is 34.3. The van der Waals surface area contributed by atoms with Gasteiger partial charge in [0.1, 0.15) is 11.5 Å². The Hall–Kier alpha value is -4.70. The quantitative estimate of drug-likeness (QED) is 0.137. The molecule has 10 heteroatoms. The number of nitrogens with zero attached hydrogens (tertiary/aromatic N) is 2. The molecule has 3 aromatic carbocycles. The van der Waals surface area contributed by atoms with Gasteiger partial charge in [0.15, 0.2) is 5.12 Å². The number of hydrogen-bond donors (Lipinski definition) is 2. The second kappa shape index (κ2) is 18.6. The fourth-order valence-corrected chi connectivity index (χ4v) is 6.10. The first-order valence-corrected chi connectivity index (χ1v) is 17.3. The number of unbranched alkanes of at least 4 members (excludes halogenated alkanes) is 1. The molecule has 2 unspecified atom stereocenters. The highest BCUT2D eigenvalue weighted by molar-refractivity contribution is 8.13. The standard InChI is InChI=1S/C38H44N4O5S/c1-4-5-16-35-39-24-34(42(35)25-30-17-19-31(20-18-30)38(46)47-3)37(45)41-32(21-28-12-8-6-9-13-28)23-36(44)40-33(26-48-27(2)43)22-29-14-10-7-11-15-29/h6-15,17-20,24,32-33H,4-5,16,21-23,25-26H2,1-3H3,(H,40,44)(H,41,45). The number of ether oxygens (including phenoxy) is 1. The number of rotatable bonds is 17. The lowest BCUT2D eigenvalue weighted by Crippen LogP contribution is -2.44. The Morgan fingerprint density at radius 1 is 0.833 bits per heavy atom. The highest BCUT2D eigenvalue weighted by Gasteiger charge is 2.24. The molecule has 9 nitrogen and oxygen atoms in total. The van der Waals surface area contributed by atoms with Gasteiger partial charge in [0.2, 0.25) is 5.91 Å². The number of aromatic nitrogens is 2. The predicted octanol–water partition coefficient (Wildman–Crippen LogP) is 5.80. The zero-order valence-electron chi connectivity index (χ0n) is 27.8. The molecule has 0 radical (unpaired) electrons. The van der Waals surface area contributed by atoms with Gasteiger partial charge in [0.05, 0.1) is 18.9 Å². The third-order valence-corrected chi connectivity index (χ3v) is 8.89. The number of aryl methyl sites for hydroxylation is 1. The van der Waals surface area contributed by atoms with E-state index in [0.29, 0.717) is 42.8 Å². The van der Waals surface area contributed by atoms with Crippen molar-refractivity contribution in [2.45, 2.75) is 71.0 Å². The average molecular weight is 669 g/mol. The molecule has 0 aliphatic rings. The number of carbonyl (C=O) groups is 4. The van der Waals surface area contributed by atoms with E-state index in [9.17, 15) is 19.2 Å². The van der Waals surface area contributed by atoms with Crippen LogP contribution in [0.1, 0.15) is 76.5 Å². The maximum atomic E-state index is 13.9. The fourth-order valence-electron chi connectivity index (χ4n) is 5.46. The lowest BCUT2D eigenvalue weighted by molar-refractivity contribution is -0.122. The summed E-state index contributed by atoms with van der Waals surface area (Å²) in [6, 6.07) is 25.9. The number of thioether (sulfide) groups is 1. The molecule has 0 saturated heterocycles. The van der Waals surface area contributed by atoms with E-state index in [4.69, 9.17) is 4.74 Å². The van der Waals surface area contributed by atoms with Crippen LogP contribution in [0.2, 0.25) is 0 Å². The lowest BCUT2D eigenvalue weighted by Gasteiger charge is -2.22. The molecule has 1 heterocycles. The highest BCUT2D eigenvalue weighted by Crippen LogP contribution is 2.16. The fraction of sp³-hybridized carbons (Fsp3) is 0.342. The number of hydrogen-bond acceptors (Lipinski definition) is 7. The minimum absolute atomic E-state index is 0.00847. The van der Waals surface area contributed by atoms with Gasteiger partial charge in [-0.1, -0.05) is 97.9 Å². The summed E-state index contributed by atoms with van der Waals surface area (Å²) in [7, 11) is 1.35. The van der Waals surface area contributed by atoms with Gasteiger partial charge in [-0.2, -0.15) is 0 Å². The average Bonchev–Trinajstić information content (AvgIpc) is 3.49. The SMILES string of the molecule is CCCCc1ncc(C(=O)NC(CC(=O)NC(CSC(C)=O)Cc2ccccc2)Cc2ccccc2)n1Cc1ccc(C(=O)OC)cc1. The van der Waals surface area contributed by atoms with Crippen molar-refractivity contribution in [2.24, 2.45) is 0 Å². The summed E-state index contributed by atoms with van der Waals surface area (Å²) >= 11 is 1.19. The van der Waals surface area contributed by atoms with E-state index in [-0.39, 0.29) is 29.4 Å². The predicted molar refractivity (Wildman–Crippen MR) is 189 cm³/mol. The summed E-state index contributed by atoms with van der Waals surface area (Å²) in [5, 5.41) is 6.25. The normalized spacial score (nSPS) is 12.1. The summed E-state index contributed by atoms with van der Waals surface area (Å²) in [6.45, 7) is 4.02. The van der Waals surface area contributed by atoms with Crippen molar-refractivity contribution in [3.05, 3.63) is 125 Å². The Kier molecular flexibility index (Phi) is 14.0. The molecular formula is C38H44N4O5S.